The SMILES string of the molecule is CN(C(=O)c1ccncc1N)C1CCC(C)(C)CC1. The number of rotatable bonds is 2. The lowest BCUT2D eigenvalue weighted by Crippen LogP contribution is -2.41. The summed E-state index contributed by atoms with van der Waals surface area (Å²) in [5.41, 5.74) is 7.25. The molecule has 1 heterocycles. The van der Waals surface area contributed by atoms with Gasteiger partial charge in [-0.05, 0) is 37.2 Å². The molecule has 1 fully saturated rings. The van der Waals surface area contributed by atoms with Crippen molar-refractivity contribution in [2.75, 3.05) is 12.8 Å². The summed E-state index contributed by atoms with van der Waals surface area (Å²) in [6, 6.07) is 2.02. The minimum atomic E-state index is 0.00426. The van der Waals surface area contributed by atoms with Crippen molar-refractivity contribution in [2.24, 2.45) is 5.41 Å². The van der Waals surface area contributed by atoms with Crippen LogP contribution in [0.15, 0.2) is 18.5 Å². The van der Waals surface area contributed by atoms with Gasteiger partial charge in [0.1, 0.15) is 0 Å². The molecule has 0 aromatic carbocycles. The van der Waals surface area contributed by atoms with Gasteiger partial charge in [-0.3, -0.25) is 9.78 Å². The molecule has 2 N–H and O–H groups in total. The average Bonchev–Trinajstić information content (AvgIpc) is 2.38. The van der Waals surface area contributed by atoms with Crippen LogP contribution in [0.25, 0.3) is 0 Å². The molecule has 4 nitrogen and oxygen atoms in total. The Kier molecular flexibility index (Phi) is 3.78. The van der Waals surface area contributed by atoms with E-state index in [4.69, 9.17) is 5.73 Å². The molecule has 0 unspecified atom stereocenters. The van der Waals surface area contributed by atoms with Crippen molar-refractivity contribution < 1.29 is 4.79 Å². The van der Waals surface area contributed by atoms with E-state index in [2.05, 4.69) is 18.8 Å². The molecule has 0 spiro atoms. The van der Waals surface area contributed by atoms with Gasteiger partial charge in [0.15, 0.2) is 0 Å². The van der Waals surface area contributed by atoms with E-state index in [1.807, 2.05) is 11.9 Å². The Balaban J connectivity index is 2.06. The van der Waals surface area contributed by atoms with Crippen LogP contribution in [0.4, 0.5) is 5.69 Å². The van der Waals surface area contributed by atoms with E-state index in [9.17, 15) is 4.79 Å². The van der Waals surface area contributed by atoms with Crippen molar-refractivity contribution in [2.45, 2.75) is 45.6 Å². The Morgan fingerprint density at radius 2 is 2.05 bits per heavy atom. The zero-order valence-corrected chi connectivity index (χ0v) is 12.0. The van der Waals surface area contributed by atoms with E-state index in [0.29, 0.717) is 22.7 Å². The first-order valence-electron chi connectivity index (χ1n) is 6.87. The maximum atomic E-state index is 12.4. The zero-order valence-electron chi connectivity index (χ0n) is 12.0. The van der Waals surface area contributed by atoms with E-state index in [0.717, 1.165) is 12.8 Å². The highest BCUT2D eigenvalue weighted by Crippen LogP contribution is 2.36. The van der Waals surface area contributed by atoms with Gasteiger partial charge in [0.05, 0.1) is 17.4 Å². The van der Waals surface area contributed by atoms with Crippen LogP contribution in [0.5, 0.6) is 0 Å². The Morgan fingerprint density at radius 3 is 2.63 bits per heavy atom. The van der Waals surface area contributed by atoms with E-state index in [1.165, 1.54) is 19.0 Å². The maximum absolute atomic E-state index is 12.4. The van der Waals surface area contributed by atoms with Gasteiger partial charge in [-0.1, -0.05) is 13.8 Å². The standard InChI is InChI=1S/C15H23N3O/c1-15(2)7-4-11(5-8-15)18(3)14(19)12-6-9-17-10-13(12)16/h6,9-11H,4-5,7-8,16H2,1-3H3. The van der Waals surface area contributed by atoms with Crippen LogP contribution in [-0.4, -0.2) is 28.9 Å². The molecule has 1 aromatic heterocycles. The molecule has 1 aliphatic carbocycles. The minimum Gasteiger partial charge on any atom is -0.397 e. The molecule has 1 amide bonds. The number of nitrogens with zero attached hydrogens (tertiary/aromatic N) is 2. The summed E-state index contributed by atoms with van der Waals surface area (Å²) in [5.74, 6) is 0.00426. The number of hydrogen-bond donors (Lipinski definition) is 1. The number of amides is 1. The van der Waals surface area contributed by atoms with Crippen LogP contribution in [0.3, 0.4) is 0 Å². The molecule has 0 saturated heterocycles. The first-order valence-corrected chi connectivity index (χ1v) is 6.87. The second-order valence-electron chi connectivity index (χ2n) is 6.27. The van der Waals surface area contributed by atoms with E-state index in [-0.39, 0.29) is 5.91 Å². The van der Waals surface area contributed by atoms with Crippen LogP contribution in [0, 0.1) is 5.41 Å². The number of carbonyl (C=O) groups is 1. The summed E-state index contributed by atoms with van der Waals surface area (Å²) in [5, 5.41) is 0. The molecule has 0 aliphatic heterocycles. The third-order valence-electron chi connectivity index (χ3n) is 4.26. The quantitative estimate of drug-likeness (QED) is 0.890. The fourth-order valence-electron chi connectivity index (χ4n) is 2.73. The van der Waals surface area contributed by atoms with Gasteiger partial charge >= 0.3 is 0 Å². The fraction of sp³-hybridized carbons (Fsp3) is 0.600. The molecular weight excluding hydrogens is 238 g/mol. The topological polar surface area (TPSA) is 59.2 Å². The summed E-state index contributed by atoms with van der Waals surface area (Å²) in [4.78, 5) is 18.2. The summed E-state index contributed by atoms with van der Waals surface area (Å²) in [6.45, 7) is 4.60. The Morgan fingerprint density at radius 1 is 1.42 bits per heavy atom. The molecule has 104 valence electrons. The highest BCUT2D eigenvalue weighted by atomic mass is 16.2. The van der Waals surface area contributed by atoms with Crippen molar-refractivity contribution in [1.29, 1.82) is 0 Å². The summed E-state index contributed by atoms with van der Waals surface area (Å²) in [6.07, 6.45) is 7.62. The van der Waals surface area contributed by atoms with Crippen LogP contribution in [0.1, 0.15) is 49.9 Å². The lowest BCUT2D eigenvalue weighted by molar-refractivity contribution is 0.0636. The number of hydrogen-bond acceptors (Lipinski definition) is 3. The van der Waals surface area contributed by atoms with Crippen molar-refractivity contribution in [3.63, 3.8) is 0 Å². The number of nitrogens with two attached hydrogens (primary N) is 1. The molecule has 1 aromatic rings. The van der Waals surface area contributed by atoms with Crippen LogP contribution >= 0.6 is 0 Å². The van der Waals surface area contributed by atoms with Gasteiger partial charge in [0.25, 0.3) is 5.91 Å². The lowest BCUT2D eigenvalue weighted by atomic mass is 9.75. The molecule has 2 rings (SSSR count). The second kappa shape index (κ2) is 5.19. The van der Waals surface area contributed by atoms with Crippen molar-refractivity contribution >= 4 is 11.6 Å². The van der Waals surface area contributed by atoms with Crippen molar-refractivity contribution in [3.8, 4) is 0 Å². The smallest absolute Gasteiger partial charge is 0.256 e. The summed E-state index contributed by atoms with van der Waals surface area (Å²) in [7, 11) is 1.88. The normalized spacial score (nSPS) is 19.1. The fourth-order valence-corrected chi connectivity index (χ4v) is 2.73. The highest BCUT2D eigenvalue weighted by Gasteiger charge is 2.31. The van der Waals surface area contributed by atoms with Crippen LogP contribution in [0.2, 0.25) is 0 Å². The van der Waals surface area contributed by atoms with Crippen molar-refractivity contribution in [1.82, 2.24) is 9.88 Å². The third kappa shape index (κ3) is 3.06. The average molecular weight is 261 g/mol. The van der Waals surface area contributed by atoms with Crippen molar-refractivity contribution in [3.05, 3.63) is 24.0 Å². The molecule has 4 heteroatoms. The number of carbonyl (C=O) groups excluding carboxylic acids is 1. The molecule has 0 radical (unpaired) electrons. The van der Waals surface area contributed by atoms with E-state index < -0.39 is 0 Å². The van der Waals surface area contributed by atoms with Crippen LogP contribution in [-0.2, 0) is 0 Å². The van der Waals surface area contributed by atoms with Gasteiger partial charge in [0.2, 0.25) is 0 Å². The Hall–Kier alpha value is -1.58. The number of pyridine rings is 1. The van der Waals surface area contributed by atoms with Gasteiger partial charge in [0, 0.05) is 19.3 Å². The monoisotopic (exact) mass is 261 g/mol. The van der Waals surface area contributed by atoms with Gasteiger partial charge in [-0.25, -0.2) is 0 Å². The Labute approximate surface area is 115 Å². The maximum Gasteiger partial charge on any atom is 0.256 e. The number of anilines is 1. The molecule has 1 aliphatic rings. The molecule has 0 atom stereocenters. The van der Waals surface area contributed by atoms with Gasteiger partial charge in [-0.2, -0.15) is 0 Å². The largest absolute Gasteiger partial charge is 0.397 e. The second-order valence-corrected chi connectivity index (χ2v) is 6.27. The zero-order chi connectivity index (χ0) is 14.0. The van der Waals surface area contributed by atoms with E-state index in [1.54, 1.807) is 12.3 Å². The van der Waals surface area contributed by atoms with Gasteiger partial charge < -0.3 is 10.6 Å². The summed E-state index contributed by atoms with van der Waals surface area (Å²) >= 11 is 0. The van der Waals surface area contributed by atoms with Gasteiger partial charge in [-0.15, -0.1) is 0 Å². The van der Waals surface area contributed by atoms with Crippen LogP contribution < -0.4 is 5.73 Å². The Bertz CT molecular complexity index is 460. The molecule has 0 bridgehead atoms. The lowest BCUT2D eigenvalue weighted by Gasteiger charge is -2.38. The highest BCUT2D eigenvalue weighted by molar-refractivity contribution is 5.98. The number of nitrogen functional groups attached to an aromatic ring is 1. The molecular formula is C15H23N3O. The third-order valence-corrected chi connectivity index (χ3v) is 4.26. The predicted octanol–water partition coefficient (Wildman–Crippen LogP) is 2.70. The first kappa shape index (κ1) is 13.8. The minimum absolute atomic E-state index is 0.00426. The van der Waals surface area contributed by atoms with E-state index >= 15 is 0 Å². The predicted molar refractivity (Wildman–Crippen MR) is 76.8 cm³/mol. The number of aromatic nitrogens is 1. The molecule has 19 heavy (non-hydrogen) atoms. The summed E-state index contributed by atoms with van der Waals surface area (Å²) < 4.78 is 0. The first-order chi connectivity index (χ1) is 8.91. The molecule has 1 saturated carbocycles.